The molecule has 0 bridgehead atoms. The first-order valence-corrected chi connectivity index (χ1v) is 7.94. The summed E-state index contributed by atoms with van der Waals surface area (Å²) in [5.41, 5.74) is 8.35. The zero-order valence-corrected chi connectivity index (χ0v) is 13.5. The van der Waals surface area contributed by atoms with Gasteiger partial charge in [-0.2, -0.15) is 0 Å². The maximum Gasteiger partial charge on any atom is 0.252 e. The number of aromatic nitrogens is 1. The van der Waals surface area contributed by atoms with Gasteiger partial charge in [-0.15, -0.1) is 0 Å². The van der Waals surface area contributed by atoms with Crippen LogP contribution in [-0.2, 0) is 0 Å². The third-order valence-corrected chi connectivity index (χ3v) is 4.36. The predicted molar refractivity (Wildman–Crippen MR) is 87.2 cm³/mol. The fourth-order valence-corrected chi connectivity index (χ4v) is 2.87. The number of aryl methyl sites for hydroxylation is 1. The van der Waals surface area contributed by atoms with Crippen molar-refractivity contribution in [2.75, 3.05) is 6.54 Å². The van der Waals surface area contributed by atoms with E-state index in [2.05, 4.69) is 26.2 Å². The second kappa shape index (κ2) is 5.73. The molecular weight excluding hydrogens is 330 g/mol. The third kappa shape index (κ3) is 3.24. The maximum absolute atomic E-state index is 12.4. The number of carbonyl (C=O) groups excluding carboxylic acids is 1. The summed E-state index contributed by atoms with van der Waals surface area (Å²) in [6.07, 6.45) is 2.37. The van der Waals surface area contributed by atoms with Crippen molar-refractivity contribution >= 4 is 32.7 Å². The first-order valence-electron chi connectivity index (χ1n) is 7.15. The highest BCUT2D eigenvalue weighted by Gasteiger charge is 2.28. The van der Waals surface area contributed by atoms with Gasteiger partial charge in [-0.1, -0.05) is 22.0 Å². The van der Waals surface area contributed by atoms with Gasteiger partial charge in [-0.25, -0.2) is 0 Å². The number of fused-ring (bicyclic) bond motifs is 1. The molecule has 1 atom stereocenters. The number of hydrogen-bond donors (Lipinski definition) is 2. The molecule has 21 heavy (non-hydrogen) atoms. The summed E-state index contributed by atoms with van der Waals surface area (Å²) in [4.78, 5) is 16.9. The van der Waals surface area contributed by atoms with Crippen LogP contribution in [0, 0.1) is 12.8 Å². The Balaban J connectivity index is 1.86. The summed E-state index contributed by atoms with van der Waals surface area (Å²) < 4.78 is 0.954. The second-order valence-electron chi connectivity index (χ2n) is 5.68. The Hall–Kier alpha value is -1.46. The Morgan fingerprint density at radius 1 is 1.48 bits per heavy atom. The molecule has 0 aliphatic heterocycles. The lowest BCUT2D eigenvalue weighted by Gasteiger charge is -2.13. The number of carbonyl (C=O) groups is 1. The van der Waals surface area contributed by atoms with E-state index >= 15 is 0 Å². The summed E-state index contributed by atoms with van der Waals surface area (Å²) in [6.45, 7) is 2.43. The summed E-state index contributed by atoms with van der Waals surface area (Å²) in [6, 6.07) is 7.66. The molecule has 1 saturated carbocycles. The minimum Gasteiger partial charge on any atom is -0.350 e. The fourth-order valence-electron chi connectivity index (χ4n) is 2.52. The Morgan fingerprint density at radius 3 is 2.95 bits per heavy atom. The van der Waals surface area contributed by atoms with Crippen molar-refractivity contribution in [1.82, 2.24) is 10.3 Å². The van der Waals surface area contributed by atoms with E-state index in [1.807, 2.05) is 31.2 Å². The van der Waals surface area contributed by atoms with Gasteiger partial charge < -0.3 is 11.1 Å². The molecular formula is C16H18BrN3O. The lowest BCUT2D eigenvalue weighted by molar-refractivity contribution is 0.0952. The van der Waals surface area contributed by atoms with Crippen molar-refractivity contribution in [2.45, 2.75) is 25.8 Å². The lowest BCUT2D eigenvalue weighted by atomic mass is 10.1. The van der Waals surface area contributed by atoms with E-state index in [1.54, 1.807) is 0 Å². The molecule has 2 aromatic rings. The second-order valence-corrected chi connectivity index (χ2v) is 6.60. The average molecular weight is 348 g/mol. The first kappa shape index (κ1) is 14.5. The number of pyridine rings is 1. The molecule has 0 spiro atoms. The minimum atomic E-state index is -0.0797. The molecule has 1 unspecified atom stereocenters. The standard InChI is InChI=1S/C16H18BrN3O/c1-9-6-13(12-5-4-11(17)7-15(12)20-9)16(21)19-8-14(18)10-2-3-10/h4-7,10,14H,2-3,8,18H2,1H3,(H,19,21). The minimum absolute atomic E-state index is 0.0669. The Labute approximate surface area is 132 Å². The molecule has 1 aliphatic carbocycles. The van der Waals surface area contributed by atoms with E-state index in [0.717, 1.165) is 21.1 Å². The van der Waals surface area contributed by atoms with Crippen molar-refractivity contribution in [3.05, 3.63) is 40.0 Å². The monoisotopic (exact) mass is 347 g/mol. The number of halogens is 1. The number of amides is 1. The van der Waals surface area contributed by atoms with Gasteiger partial charge in [0.1, 0.15) is 0 Å². The highest BCUT2D eigenvalue weighted by atomic mass is 79.9. The molecule has 4 nitrogen and oxygen atoms in total. The summed E-state index contributed by atoms with van der Waals surface area (Å²) >= 11 is 3.43. The van der Waals surface area contributed by atoms with Crippen LogP contribution in [0.1, 0.15) is 28.9 Å². The van der Waals surface area contributed by atoms with Crippen LogP contribution in [0.25, 0.3) is 10.9 Å². The van der Waals surface area contributed by atoms with Crippen LogP contribution in [-0.4, -0.2) is 23.5 Å². The number of nitrogens with zero attached hydrogens (tertiary/aromatic N) is 1. The van der Waals surface area contributed by atoms with Crippen LogP contribution in [0.4, 0.5) is 0 Å². The van der Waals surface area contributed by atoms with Crippen LogP contribution >= 0.6 is 15.9 Å². The number of hydrogen-bond acceptors (Lipinski definition) is 3. The fraction of sp³-hybridized carbons (Fsp3) is 0.375. The van der Waals surface area contributed by atoms with Crippen LogP contribution in [0.15, 0.2) is 28.7 Å². The van der Waals surface area contributed by atoms with Gasteiger partial charge in [0.05, 0.1) is 11.1 Å². The van der Waals surface area contributed by atoms with Gasteiger partial charge in [0.15, 0.2) is 0 Å². The summed E-state index contributed by atoms with van der Waals surface area (Å²) in [5.74, 6) is 0.501. The highest BCUT2D eigenvalue weighted by Crippen LogP contribution is 2.31. The van der Waals surface area contributed by atoms with Crippen molar-refractivity contribution < 1.29 is 4.79 Å². The van der Waals surface area contributed by atoms with E-state index in [4.69, 9.17) is 5.73 Å². The molecule has 1 heterocycles. The zero-order valence-electron chi connectivity index (χ0n) is 11.9. The first-order chi connectivity index (χ1) is 10.0. The predicted octanol–water partition coefficient (Wildman–Crippen LogP) is 2.77. The quantitative estimate of drug-likeness (QED) is 0.893. The molecule has 1 aliphatic rings. The van der Waals surface area contributed by atoms with Gasteiger partial charge in [0.2, 0.25) is 0 Å². The van der Waals surface area contributed by atoms with E-state index in [9.17, 15) is 4.79 Å². The van der Waals surface area contributed by atoms with Crippen LogP contribution in [0.3, 0.4) is 0 Å². The highest BCUT2D eigenvalue weighted by molar-refractivity contribution is 9.10. The largest absolute Gasteiger partial charge is 0.350 e. The normalized spacial score (nSPS) is 16.0. The van der Waals surface area contributed by atoms with Gasteiger partial charge in [0.25, 0.3) is 5.91 Å². The van der Waals surface area contributed by atoms with Gasteiger partial charge >= 0.3 is 0 Å². The van der Waals surface area contributed by atoms with Gasteiger partial charge in [-0.3, -0.25) is 9.78 Å². The van der Waals surface area contributed by atoms with Crippen molar-refractivity contribution in [3.63, 3.8) is 0 Å². The molecule has 5 heteroatoms. The molecule has 3 N–H and O–H groups in total. The SMILES string of the molecule is Cc1cc(C(=O)NCC(N)C2CC2)c2ccc(Br)cc2n1. The smallest absolute Gasteiger partial charge is 0.252 e. The van der Waals surface area contributed by atoms with Gasteiger partial charge in [0, 0.05) is 28.1 Å². The van der Waals surface area contributed by atoms with Crippen molar-refractivity contribution in [1.29, 1.82) is 0 Å². The van der Waals surface area contributed by atoms with E-state index in [-0.39, 0.29) is 11.9 Å². The molecule has 3 rings (SSSR count). The third-order valence-electron chi connectivity index (χ3n) is 3.87. The topological polar surface area (TPSA) is 68.0 Å². The van der Waals surface area contributed by atoms with Crippen LogP contribution in [0.2, 0.25) is 0 Å². The van der Waals surface area contributed by atoms with E-state index < -0.39 is 0 Å². The van der Waals surface area contributed by atoms with Crippen molar-refractivity contribution in [3.8, 4) is 0 Å². The molecule has 0 radical (unpaired) electrons. The van der Waals surface area contributed by atoms with Crippen LogP contribution in [0.5, 0.6) is 0 Å². The molecule has 1 amide bonds. The molecule has 1 fully saturated rings. The number of nitrogens with one attached hydrogen (secondary N) is 1. The Bertz CT molecular complexity index is 692. The Kier molecular flexibility index (Phi) is 3.95. The number of rotatable bonds is 4. The molecule has 110 valence electrons. The zero-order chi connectivity index (χ0) is 15.0. The Morgan fingerprint density at radius 2 is 2.24 bits per heavy atom. The van der Waals surface area contributed by atoms with E-state index in [0.29, 0.717) is 18.0 Å². The number of benzene rings is 1. The molecule has 0 saturated heterocycles. The molecule has 1 aromatic carbocycles. The summed E-state index contributed by atoms with van der Waals surface area (Å²) in [5, 5.41) is 3.81. The number of nitrogens with two attached hydrogens (primary N) is 1. The molecule has 1 aromatic heterocycles. The van der Waals surface area contributed by atoms with Crippen molar-refractivity contribution in [2.24, 2.45) is 11.7 Å². The lowest BCUT2D eigenvalue weighted by Crippen LogP contribution is -2.38. The summed E-state index contributed by atoms with van der Waals surface area (Å²) in [7, 11) is 0. The van der Waals surface area contributed by atoms with E-state index in [1.165, 1.54) is 12.8 Å². The maximum atomic E-state index is 12.4. The van der Waals surface area contributed by atoms with Gasteiger partial charge in [-0.05, 0) is 43.9 Å². The average Bonchev–Trinajstić information content (AvgIpc) is 3.27. The van der Waals surface area contributed by atoms with Crippen LogP contribution < -0.4 is 11.1 Å².